The van der Waals surface area contributed by atoms with Crippen LogP contribution in [-0.2, 0) is 16.1 Å². The maximum absolute atomic E-state index is 13.8. The molecule has 1 saturated heterocycles. The molecular formula is C30H29N3O4. The predicted molar refractivity (Wildman–Crippen MR) is 143 cm³/mol. The van der Waals surface area contributed by atoms with Crippen LogP contribution in [0.2, 0.25) is 0 Å². The number of carbonyl (C=O) groups is 2. The summed E-state index contributed by atoms with van der Waals surface area (Å²) in [4.78, 5) is 33.1. The zero-order chi connectivity index (χ0) is 25.8. The SMILES string of the molecule is COc1ccc(NC(=O)[C@@H]2[C@H](c3ccc(C)cc3)CCN2C(=O)OCc2ccccc2)c2ncccc12. The fraction of sp³-hybridized carbons (Fsp3) is 0.233. The average molecular weight is 496 g/mol. The van der Waals surface area contributed by atoms with Crippen molar-refractivity contribution in [2.24, 2.45) is 0 Å². The molecule has 2 heterocycles. The average Bonchev–Trinajstić information content (AvgIpc) is 3.38. The molecule has 1 aliphatic heterocycles. The number of ether oxygens (including phenoxy) is 2. The Morgan fingerprint density at radius 3 is 2.54 bits per heavy atom. The second-order valence-corrected chi connectivity index (χ2v) is 9.19. The number of hydrogen-bond donors (Lipinski definition) is 1. The van der Waals surface area contributed by atoms with Crippen LogP contribution < -0.4 is 10.1 Å². The first-order valence-electron chi connectivity index (χ1n) is 12.3. The highest BCUT2D eigenvalue weighted by Gasteiger charge is 2.43. The normalized spacial score (nSPS) is 17.0. The summed E-state index contributed by atoms with van der Waals surface area (Å²) in [7, 11) is 1.60. The van der Waals surface area contributed by atoms with E-state index >= 15 is 0 Å². The summed E-state index contributed by atoms with van der Waals surface area (Å²) in [6.45, 7) is 2.59. The lowest BCUT2D eigenvalue weighted by Gasteiger charge is -2.27. The molecule has 1 fully saturated rings. The number of likely N-dealkylation sites (tertiary alicyclic amines) is 1. The summed E-state index contributed by atoms with van der Waals surface area (Å²) in [6.07, 6.45) is 1.83. The van der Waals surface area contributed by atoms with Crippen LogP contribution in [0.15, 0.2) is 85.1 Å². The van der Waals surface area contributed by atoms with E-state index in [4.69, 9.17) is 9.47 Å². The highest BCUT2D eigenvalue weighted by molar-refractivity contribution is 6.05. The van der Waals surface area contributed by atoms with Gasteiger partial charge in [-0.15, -0.1) is 0 Å². The van der Waals surface area contributed by atoms with Gasteiger partial charge in [-0.2, -0.15) is 0 Å². The Kier molecular flexibility index (Phi) is 7.03. The number of aromatic nitrogens is 1. The minimum atomic E-state index is -0.730. The maximum Gasteiger partial charge on any atom is 0.410 e. The van der Waals surface area contributed by atoms with Crippen molar-refractivity contribution in [3.05, 3.63) is 102 Å². The van der Waals surface area contributed by atoms with Gasteiger partial charge in [-0.1, -0.05) is 60.2 Å². The van der Waals surface area contributed by atoms with Gasteiger partial charge in [-0.05, 0) is 48.7 Å². The zero-order valence-electron chi connectivity index (χ0n) is 20.9. The first-order valence-corrected chi connectivity index (χ1v) is 12.3. The van der Waals surface area contributed by atoms with E-state index in [2.05, 4.69) is 10.3 Å². The first-order chi connectivity index (χ1) is 18.0. The Hall–Kier alpha value is -4.39. The summed E-state index contributed by atoms with van der Waals surface area (Å²) in [5.41, 5.74) is 4.23. The second kappa shape index (κ2) is 10.7. The molecule has 1 aliphatic rings. The molecule has 4 aromatic rings. The van der Waals surface area contributed by atoms with Crippen molar-refractivity contribution in [2.45, 2.75) is 31.9 Å². The highest BCUT2D eigenvalue weighted by Crippen LogP contribution is 2.36. The van der Waals surface area contributed by atoms with Gasteiger partial charge in [-0.25, -0.2) is 4.79 Å². The molecule has 0 unspecified atom stereocenters. The quantitative estimate of drug-likeness (QED) is 0.372. The molecule has 0 spiro atoms. The van der Waals surface area contributed by atoms with E-state index in [9.17, 15) is 9.59 Å². The van der Waals surface area contributed by atoms with Crippen molar-refractivity contribution in [2.75, 3.05) is 19.0 Å². The third-order valence-corrected chi connectivity index (χ3v) is 6.82. The molecule has 7 nitrogen and oxygen atoms in total. The molecule has 2 atom stereocenters. The van der Waals surface area contributed by atoms with Crippen molar-refractivity contribution in [3.63, 3.8) is 0 Å². The van der Waals surface area contributed by atoms with E-state index in [0.29, 0.717) is 29.9 Å². The number of rotatable bonds is 6. The van der Waals surface area contributed by atoms with Crippen LogP contribution in [0.3, 0.4) is 0 Å². The smallest absolute Gasteiger partial charge is 0.410 e. The molecule has 7 heteroatoms. The van der Waals surface area contributed by atoms with Gasteiger partial charge in [0.1, 0.15) is 18.4 Å². The zero-order valence-corrected chi connectivity index (χ0v) is 20.9. The molecule has 0 saturated carbocycles. The third-order valence-electron chi connectivity index (χ3n) is 6.82. The molecule has 1 N–H and O–H groups in total. The van der Waals surface area contributed by atoms with Crippen molar-refractivity contribution in [3.8, 4) is 5.75 Å². The Labute approximate surface area is 216 Å². The van der Waals surface area contributed by atoms with Crippen molar-refractivity contribution in [1.82, 2.24) is 9.88 Å². The Balaban J connectivity index is 1.43. The number of nitrogens with one attached hydrogen (secondary N) is 1. The van der Waals surface area contributed by atoms with Crippen LogP contribution in [-0.4, -0.2) is 41.6 Å². The summed E-state index contributed by atoms with van der Waals surface area (Å²) in [5, 5.41) is 3.84. The molecule has 0 radical (unpaired) electrons. The third kappa shape index (κ3) is 5.11. The number of nitrogens with zero attached hydrogens (tertiary/aromatic N) is 2. The van der Waals surface area contributed by atoms with E-state index in [1.54, 1.807) is 30.3 Å². The van der Waals surface area contributed by atoms with Gasteiger partial charge < -0.3 is 14.8 Å². The van der Waals surface area contributed by atoms with Gasteiger partial charge >= 0.3 is 6.09 Å². The van der Waals surface area contributed by atoms with E-state index in [1.807, 2.05) is 73.7 Å². The standard InChI is InChI=1S/C30H29N3O4/c1-20-10-12-22(13-11-20)23-16-18-33(30(35)37-19-21-7-4-3-5-8-21)28(23)29(34)32-25-14-15-26(36-2)24-9-6-17-31-27(24)25/h3-15,17,23,28H,16,18-19H2,1-2H3,(H,32,34)/t23-,28-/m0/s1. The van der Waals surface area contributed by atoms with Gasteiger partial charge in [-0.3, -0.25) is 14.7 Å². The molecule has 0 bridgehead atoms. The summed E-state index contributed by atoms with van der Waals surface area (Å²) < 4.78 is 11.1. The lowest BCUT2D eigenvalue weighted by molar-refractivity contribution is -0.120. The highest BCUT2D eigenvalue weighted by atomic mass is 16.6. The van der Waals surface area contributed by atoms with Gasteiger partial charge in [0.2, 0.25) is 5.91 Å². The summed E-state index contributed by atoms with van der Waals surface area (Å²) >= 11 is 0. The minimum Gasteiger partial charge on any atom is -0.496 e. The number of amides is 2. The van der Waals surface area contributed by atoms with Crippen LogP contribution in [0.4, 0.5) is 10.5 Å². The van der Waals surface area contributed by atoms with Crippen LogP contribution in [0, 0.1) is 6.92 Å². The summed E-state index contributed by atoms with van der Waals surface area (Å²) in [5.74, 6) is 0.227. The predicted octanol–water partition coefficient (Wildman–Crippen LogP) is 5.69. The number of aryl methyl sites for hydroxylation is 1. The fourth-order valence-electron chi connectivity index (χ4n) is 4.92. The number of hydrogen-bond acceptors (Lipinski definition) is 5. The maximum atomic E-state index is 13.8. The van der Waals surface area contributed by atoms with Crippen LogP contribution >= 0.6 is 0 Å². The molecule has 5 rings (SSSR count). The topological polar surface area (TPSA) is 80.8 Å². The minimum absolute atomic E-state index is 0.146. The Morgan fingerprint density at radius 2 is 1.78 bits per heavy atom. The molecule has 1 aromatic heterocycles. The molecular weight excluding hydrogens is 466 g/mol. The van der Waals surface area contributed by atoms with Crippen molar-refractivity contribution in [1.29, 1.82) is 0 Å². The van der Waals surface area contributed by atoms with Crippen molar-refractivity contribution >= 4 is 28.6 Å². The largest absolute Gasteiger partial charge is 0.496 e. The molecule has 2 amide bonds. The van der Waals surface area contributed by atoms with E-state index in [-0.39, 0.29) is 18.4 Å². The monoisotopic (exact) mass is 495 g/mol. The Morgan fingerprint density at radius 1 is 1.00 bits per heavy atom. The number of pyridine rings is 1. The van der Waals surface area contributed by atoms with Crippen LogP contribution in [0.5, 0.6) is 5.75 Å². The first kappa shape index (κ1) is 24.3. The molecule has 3 aromatic carbocycles. The number of carbonyl (C=O) groups excluding carboxylic acids is 2. The van der Waals surface area contributed by atoms with Crippen LogP contribution in [0.25, 0.3) is 10.9 Å². The van der Waals surface area contributed by atoms with E-state index < -0.39 is 12.1 Å². The molecule has 0 aliphatic carbocycles. The number of benzene rings is 3. The van der Waals surface area contributed by atoms with Gasteiger partial charge in [0.25, 0.3) is 0 Å². The fourth-order valence-corrected chi connectivity index (χ4v) is 4.92. The van der Waals surface area contributed by atoms with Crippen molar-refractivity contribution < 1.29 is 19.1 Å². The van der Waals surface area contributed by atoms with E-state index in [1.165, 1.54) is 0 Å². The lowest BCUT2D eigenvalue weighted by atomic mass is 9.90. The number of fused-ring (bicyclic) bond motifs is 1. The Bertz CT molecular complexity index is 1410. The number of anilines is 1. The van der Waals surface area contributed by atoms with Gasteiger partial charge in [0.15, 0.2) is 0 Å². The second-order valence-electron chi connectivity index (χ2n) is 9.19. The number of methoxy groups -OCH3 is 1. The van der Waals surface area contributed by atoms with Gasteiger partial charge in [0, 0.05) is 24.0 Å². The molecule has 37 heavy (non-hydrogen) atoms. The van der Waals surface area contributed by atoms with E-state index in [0.717, 1.165) is 22.1 Å². The lowest BCUT2D eigenvalue weighted by Crippen LogP contribution is -2.45. The van der Waals surface area contributed by atoms with Crippen LogP contribution in [0.1, 0.15) is 29.0 Å². The van der Waals surface area contributed by atoms with Gasteiger partial charge in [0.05, 0.1) is 18.3 Å². The summed E-state index contributed by atoms with van der Waals surface area (Å²) in [6, 6.07) is 24.2. The molecule has 188 valence electrons.